The Hall–Kier alpha value is -2.02. The van der Waals surface area contributed by atoms with Crippen LogP contribution in [0.15, 0.2) is 35.4 Å². The van der Waals surface area contributed by atoms with E-state index in [0.717, 1.165) is 9.91 Å². The third kappa shape index (κ3) is 2.62. The molecule has 2 rings (SSSR count). The molecule has 1 heterocycles. The summed E-state index contributed by atoms with van der Waals surface area (Å²) in [5.74, 6) is 0. The molecule has 1 unspecified atom stereocenters. The van der Waals surface area contributed by atoms with Gasteiger partial charge in [-0.1, -0.05) is 18.2 Å². The van der Waals surface area contributed by atoms with Gasteiger partial charge in [-0.2, -0.15) is 10.1 Å². The predicted molar refractivity (Wildman–Crippen MR) is 80.9 cm³/mol. The first-order valence-corrected chi connectivity index (χ1v) is 6.53. The van der Waals surface area contributed by atoms with Gasteiger partial charge in [-0.25, -0.2) is 14.5 Å². The van der Waals surface area contributed by atoms with Crippen molar-refractivity contribution in [2.75, 3.05) is 4.90 Å². The first-order chi connectivity index (χ1) is 9.33. The van der Waals surface area contributed by atoms with Crippen LogP contribution in [0.25, 0.3) is 0 Å². The van der Waals surface area contributed by atoms with Crippen LogP contribution in [0.5, 0.6) is 0 Å². The zero-order chi connectivity index (χ0) is 14.9. The number of hydrogen-bond acceptors (Lipinski definition) is 4. The minimum absolute atomic E-state index is 0.479. The molecule has 0 aliphatic carbocycles. The first-order valence-electron chi connectivity index (χ1n) is 6.08. The molecule has 20 heavy (non-hydrogen) atoms. The van der Waals surface area contributed by atoms with Gasteiger partial charge in [0.15, 0.2) is 4.99 Å². The second-order valence-electron chi connectivity index (χ2n) is 4.76. The molecule has 106 valence electrons. The van der Waals surface area contributed by atoms with Crippen molar-refractivity contribution in [3.63, 3.8) is 0 Å². The molecular formula is C13H16N4O2S. The number of amides is 4. The maximum atomic E-state index is 12.5. The predicted octanol–water partition coefficient (Wildman–Crippen LogP) is 2.64. The summed E-state index contributed by atoms with van der Waals surface area (Å²) in [6.45, 7) is 5.13. The van der Waals surface area contributed by atoms with Crippen LogP contribution in [0.2, 0.25) is 0 Å². The average Bonchev–Trinajstić information content (AvgIpc) is 2.35. The molecular weight excluding hydrogens is 276 g/mol. The standard InChI is InChI=1S/C13H16N4O2S/c1-9(2)15-17-12(19)16(10-7-5-4-6-8-10)11(18)14-13(17,3)20/h4-8,20H,1-3H3,(H,14,18). The van der Waals surface area contributed by atoms with E-state index in [9.17, 15) is 9.59 Å². The molecule has 6 nitrogen and oxygen atoms in total. The van der Waals surface area contributed by atoms with E-state index in [1.807, 2.05) is 6.07 Å². The third-order valence-corrected chi connectivity index (χ3v) is 2.95. The van der Waals surface area contributed by atoms with Gasteiger partial charge in [0.2, 0.25) is 0 Å². The smallest absolute Gasteiger partial charge is 0.304 e. The van der Waals surface area contributed by atoms with E-state index in [2.05, 4.69) is 23.0 Å². The van der Waals surface area contributed by atoms with Crippen LogP contribution in [0.3, 0.4) is 0 Å². The summed E-state index contributed by atoms with van der Waals surface area (Å²) in [5, 5.41) is 7.94. The minimum atomic E-state index is -1.17. The maximum Gasteiger partial charge on any atom is 0.356 e. The number of carbonyl (C=O) groups excluding carboxylic acids is 2. The van der Waals surface area contributed by atoms with Crippen LogP contribution >= 0.6 is 12.6 Å². The largest absolute Gasteiger partial charge is 0.356 e. The summed E-state index contributed by atoms with van der Waals surface area (Å²) in [5.41, 5.74) is 1.16. The summed E-state index contributed by atoms with van der Waals surface area (Å²) in [6.07, 6.45) is 0. The lowest BCUT2D eigenvalue weighted by atomic mass is 10.3. The van der Waals surface area contributed by atoms with E-state index in [0.29, 0.717) is 11.4 Å². The maximum absolute atomic E-state index is 12.5. The first kappa shape index (κ1) is 14.4. The molecule has 0 aromatic heterocycles. The molecule has 1 saturated heterocycles. The van der Waals surface area contributed by atoms with Crippen LogP contribution < -0.4 is 10.2 Å². The Morgan fingerprint density at radius 1 is 1.25 bits per heavy atom. The zero-order valence-electron chi connectivity index (χ0n) is 11.5. The number of imide groups is 1. The van der Waals surface area contributed by atoms with E-state index in [1.165, 1.54) is 0 Å². The molecule has 1 N–H and O–H groups in total. The van der Waals surface area contributed by atoms with Crippen LogP contribution in [0.4, 0.5) is 15.3 Å². The van der Waals surface area contributed by atoms with E-state index in [1.54, 1.807) is 45.0 Å². The van der Waals surface area contributed by atoms with Gasteiger partial charge in [0.25, 0.3) is 0 Å². The number of hydrazone groups is 1. The number of urea groups is 2. The quantitative estimate of drug-likeness (QED) is 0.650. The highest BCUT2D eigenvalue weighted by molar-refractivity contribution is 7.81. The van der Waals surface area contributed by atoms with Gasteiger partial charge in [-0.3, -0.25) is 0 Å². The Labute approximate surface area is 122 Å². The molecule has 0 radical (unpaired) electrons. The van der Waals surface area contributed by atoms with Crippen LogP contribution in [-0.4, -0.2) is 27.8 Å². The number of carbonyl (C=O) groups is 2. The lowest BCUT2D eigenvalue weighted by molar-refractivity contribution is 0.149. The third-order valence-electron chi connectivity index (χ3n) is 2.65. The van der Waals surface area contributed by atoms with Crippen molar-refractivity contribution in [1.29, 1.82) is 0 Å². The van der Waals surface area contributed by atoms with E-state index < -0.39 is 17.1 Å². The second-order valence-corrected chi connectivity index (χ2v) is 5.63. The fourth-order valence-electron chi connectivity index (χ4n) is 1.82. The molecule has 4 amide bonds. The molecule has 0 bridgehead atoms. The fraction of sp³-hybridized carbons (Fsp3) is 0.308. The lowest BCUT2D eigenvalue weighted by Gasteiger charge is -2.42. The van der Waals surface area contributed by atoms with Crippen molar-refractivity contribution in [1.82, 2.24) is 10.3 Å². The van der Waals surface area contributed by atoms with E-state index in [4.69, 9.17) is 0 Å². The highest BCUT2D eigenvalue weighted by Crippen LogP contribution is 2.27. The van der Waals surface area contributed by atoms with Gasteiger partial charge in [0.1, 0.15) is 0 Å². The van der Waals surface area contributed by atoms with Crippen molar-refractivity contribution in [2.45, 2.75) is 25.8 Å². The van der Waals surface area contributed by atoms with Gasteiger partial charge in [-0.15, -0.1) is 12.6 Å². The van der Waals surface area contributed by atoms with Gasteiger partial charge in [0.05, 0.1) is 5.69 Å². The van der Waals surface area contributed by atoms with Crippen molar-refractivity contribution in [2.24, 2.45) is 5.10 Å². The number of rotatable bonds is 2. The van der Waals surface area contributed by atoms with Gasteiger partial charge in [0, 0.05) is 5.71 Å². The Morgan fingerprint density at radius 2 is 1.85 bits per heavy atom. The van der Waals surface area contributed by atoms with Gasteiger partial charge in [-0.05, 0) is 32.9 Å². The number of thiol groups is 1. The number of hydrogen-bond donors (Lipinski definition) is 2. The summed E-state index contributed by atoms with van der Waals surface area (Å²) in [4.78, 5) is 24.5. The normalized spacial score (nSPS) is 22.6. The minimum Gasteiger partial charge on any atom is -0.304 e. The SMILES string of the molecule is CC(C)=NN1C(=O)N(c2ccccc2)C(=O)NC1(C)S. The molecule has 1 aromatic rings. The van der Waals surface area contributed by atoms with E-state index in [-0.39, 0.29) is 0 Å². The highest BCUT2D eigenvalue weighted by atomic mass is 32.1. The zero-order valence-corrected chi connectivity index (χ0v) is 12.4. The van der Waals surface area contributed by atoms with E-state index >= 15 is 0 Å². The Morgan fingerprint density at radius 3 is 2.40 bits per heavy atom. The molecule has 1 aliphatic heterocycles. The van der Waals surface area contributed by atoms with Crippen molar-refractivity contribution >= 4 is 36.1 Å². The van der Waals surface area contributed by atoms with Crippen LogP contribution in [-0.2, 0) is 0 Å². The molecule has 1 fully saturated rings. The number of nitrogens with zero attached hydrogens (tertiary/aromatic N) is 3. The number of anilines is 1. The van der Waals surface area contributed by atoms with Crippen LogP contribution in [0.1, 0.15) is 20.8 Å². The molecule has 0 saturated carbocycles. The molecule has 1 atom stereocenters. The van der Waals surface area contributed by atoms with Crippen molar-refractivity contribution in [3.8, 4) is 0 Å². The number of benzene rings is 1. The lowest BCUT2D eigenvalue weighted by Crippen LogP contribution is -2.67. The molecule has 7 heteroatoms. The Kier molecular flexibility index (Phi) is 3.71. The summed E-state index contributed by atoms with van der Waals surface area (Å²) < 4.78 is 0. The summed E-state index contributed by atoms with van der Waals surface area (Å²) in [7, 11) is 0. The van der Waals surface area contributed by atoms with Crippen molar-refractivity contribution < 1.29 is 9.59 Å². The molecule has 1 aromatic carbocycles. The Bertz CT molecular complexity index is 567. The van der Waals surface area contributed by atoms with Crippen molar-refractivity contribution in [3.05, 3.63) is 30.3 Å². The second kappa shape index (κ2) is 5.16. The topological polar surface area (TPSA) is 65.0 Å². The number of para-hydroxylation sites is 1. The summed E-state index contributed by atoms with van der Waals surface area (Å²) in [6, 6.07) is 7.60. The fourth-order valence-corrected chi connectivity index (χ4v) is 2.05. The summed E-state index contributed by atoms with van der Waals surface area (Å²) >= 11 is 4.30. The molecule has 0 spiro atoms. The average molecular weight is 292 g/mol. The monoisotopic (exact) mass is 292 g/mol. The number of nitrogens with one attached hydrogen (secondary N) is 1. The van der Waals surface area contributed by atoms with Crippen LogP contribution in [0, 0.1) is 0 Å². The highest BCUT2D eigenvalue weighted by Gasteiger charge is 2.45. The van der Waals surface area contributed by atoms with Gasteiger partial charge < -0.3 is 5.32 Å². The Balaban J connectivity index is 2.44. The molecule has 1 aliphatic rings. The van der Waals surface area contributed by atoms with Gasteiger partial charge >= 0.3 is 12.1 Å².